The lowest BCUT2D eigenvalue weighted by Crippen LogP contribution is -2.22. The van der Waals surface area contributed by atoms with Crippen LogP contribution in [0.1, 0.15) is 12.5 Å². The second-order valence-electron chi connectivity index (χ2n) is 4.21. The van der Waals surface area contributed by atoms with Crippen LogP contribution >= 0.6 is 15.9 Å². The predicted molar refractivity (Wildman–Crippen MR) is 84.3 cm³/mol. The molecule has 0 unspecified atom stereocenters. The molecule has 22 heavy (non-hydrogen) atoms. The van der Waals surface area contributed by atoms with Crippen molar-refractivity contribution < 1.29 is 19.1 Å². The molecule has 1 aromatic carbocycles. The molecule has 7 heteroatoms. The maximum Gasteiger partial charge on any atom is 0.326 e. The molecule has 3 amide bonds. The maximum atomic E-state index is 11.6. The number of carbonyl (C=O) groups is 2. The first-order chi connectivity index (χ1) is 10.5. The molecule has 6 nitrogen and oxygen atoms in total. The zero-order valence-corrected chi connectivity index (χ0v) is 13.3. The Morgan fingerprint density at radius 3 is 2.59 bits per heavy atom. The molecule has 1 aliphatic heterocycles. The molecular weight excluding hydrogens is 352 g/mol. The smallest absolute Gasteiger partial charge is 0.326 e. The molecule has 0 spiro atoms. The fraction of sp³-hybridized carbons (Fsp3) is 0.200. The van der Waals surface area contributed by atoms with E-state index in [0.717, 1.165) is 0 Å². The summed E-state index contributed by atoms with van der Waals surface area (Å²) in [6.45, 7) is 2.41. The third-order valence-corrected chi connectivity index (χ3v) is 3.38. The van der Waals surface area contributed by atoms with Crippen LogP contribution in [0.25, 0.3) is 6.08 Å². The normalized spacial score (nSPS) is 15.2. The van der Waals surface area contributed by atoms with Gasteiger partial charge in [0, 0.05) is 4.47 Å². The number of urea groups is 1. The van der Waals surface area contributed by atoms with Crippen LogP contribution in [-0.4, -0.2) is 25.2 Å². The molecule has 1 heterocycles. The summed E-state index contributed by atoms with van der Waals surface area (Å²) in [4.78, 5) is 22.7. The van der Waals surface area contributed by atoms with Gasteiger partial charge < -0.3 is 14.8 Å². The monoisotopic (exact) mass is 364 g/mol. The highest BCUT2D eigenvalue weighted by atomic mass is 79.9. The number of imide groups is 1. The van der Waals surface area contributed by atoms with E-state index in [1.165, 1.54) is 6.08 Å². The Bertz CT molecular complexity index is 692. The summed E-state index contributed by atoms with van der Waals surface area (Å²) in [7, 11) is 0. The Kier molecular flexibility index (Phi) is 5.07. The van der Waals surface area contributed by atoms with Gasteiger partial charge >= 0.3 is 6.03 Å². The molecule has 1 saturated heterocycles. The third kappa shape index (κ3) is 3.59. The molecule has 0 radical (unpaired) electrons. The van der Waals surface area contributed by atoms with Gasteiger partial charge in [0.05, 0.1) is 6.61 Å². The molecule has 0 aliphatic carbocycles. The number of terminal acetylenes is 1. The quantitative estimate of drug-likeness (QED) is 0.476. The molecule has 0 aromatic heterocycles. The van der Waals surface area contributed by atoms with Gasteiger partial charge in [-0.3, -0.25) is 10.1 Å². The molecule has 114 valence electrons. The number of ether oxygens (including phenoxy) is 2. The van der Waals surface area contributed by atoms with E-state index in [1.54, 1.807) is 12.1 Å². The lowest BCUT2D eigenvalue weighted by Gasteiger charge is -2.12. The van der Waals surface area contributed by atoms with Crippen LogP contribution in [0.4, 0.5) is 4.79 Å². The molecule has 1 aliphatic rings. The van der Waals surface area contributed by atoms with E-state index in [2.05, 4.69) is 32.5 Å². The highest BCUT2D eigenvalue weighted by Crippen LogP contribution is 2.35. The minimum absolute atomic E-state index is 0.116. The summed E-state index contributed by atoms with van der Waals surface area (Å²) in [6, 6.07) is 2.85. The Morgan fingerprint density at radius 2 is 2.00 bits per heavy atom. The van der Waals surface area contributed by atoms with Crippen molar-refractivity contribution in [2.75, 3.05) is 13.2 Å². The van der Waals surface area contributed by atoms with Crippen molar-refractivity contribution in [3.05, 3.63) is 27.9 Å². The lowest BCUT2D eigenvalue weighted by molar-refractivity contribution is -0.115. The fourth-order valence-corrected chi connectivity index (χ4v) is 2.24. The molecule has 1 aromatic rings. The van der Waals surface area contributed by atoms with Crippen molar-refractivity contribution >= 4 is 33.9 Å². The van der Waals surface area contributed by atoms with E-state index >= 15 is 0 Å². The van der Waals surface area contributed by atoms with E-state index in [9.17, 15) is 9.59 Å². The average molecular weight is 365 g/mol. The number of hydrogen-bond donors (Lipinski definition) is 2. The van der Waals surface area contributed by atoms with Crippen molar-refractivity contribution in [2.45, 2.75) is 6.92 Å². The Morgan fingerprint density at radius 1 is 1.27 bits per heavy atom. The number of hydrogen-bond acceptors (Lipinski definition) is 4. The topological polar surface area (TPSA) is 76.7 Å². The van der Waals surface area contributed by atoms with E-state index in [1.807, 2.05) is 6.92 Å². The van der Waals surface area contributed by atoms with Crippen molar-refractivity contribution in [1.82, 2.24) is 10.6 Å². The zero-order valence-electron chi connectivity index (χ0n) is 11.7. The van der Waals surface area contributed by atoms with Gasteiger partial charge in [0.25, 0.3) is 5.91 Å². The summed E-state index contributed by atoms with van der Waals surface area (Å²) in [5, 5.41) is 4.56. The highest BCUT2D eigenvalue weighted by Gasteiger charge is 2.23. The fourth-order valence-electron chi connectivity index (χ4n) is 1.80. The first-order valence-electron chi connectivity index (χ1n) is 6.41. The Balaban J connectivity index is 2.38. The highest BCUT2D eigenvalue weighted by molar-refractivity contribution is 9.10. The van der Waals surface area contributed by atoms with Gasteiger partial charge in [-0.2, -0.15) is 0 Å². The van der Waals surface area contributed by atoms with Gasteiger partial charge in [-0.05, 0) is 30.7 Å². The van der Waals surface area contributed by atoms with Crippen LogP contribution in [0, 0.1) is 12.3 Å². The van der Waals surface area contributed by atoms with Crippen molar-refractivity contribution in [2.24, 2.45) is 0 Å². The van der Waals surface area contributed by atoms with Gasteiger partial charge in [0.1, 0.15) is 12.3 Å². The number of halogens is 1. The number of rotatable bonds is 5. The van der Waals surface area contributed by atoms with E-state index in [4.69, 9.17) is 15.9 Å². The predicted octanol–water partition coefficient (Wildman–Crippen LogP) is 2.04. The number of nitrogens with one attached hydrogen (secondary N) is 2. The molecule has 0 atom stereocenters. The van der Waals surface area contributed by atoms with Crippen LogP contribution < -0.4 is 20.1 Å². The molecule has 2 N–H and O–H groups in total. The van der Waals surface area contributed by atoms with E-state index in [0.29, 0.717) is 28.1 Å². The average Bonchev–Trinajstić information content (AvgIpc) is 2.79. The number of amides is 3. The van der Waals surface area contributed by atoms with Crippen LogP contribution in [-0.2, 0) is 4.79 Å². The summed E-state index contributed by atoms with van der Waals surface area (Å²) in [5.74, 6) is 2.89. The third-order valence-electron chi connectivity index (χ3n) is 2.69. The van der Waals surface area contributed by atoms with Crippen LogP contribution in [0.15, 0.2) is 22.3 Å². The van der Waals surface area contributed by atoms with Crippen LogP contribution in [0.2, 0.25) is 0 Å². The molecule has 2 rings (SSSR count). The van der Waals surface area contributed by atoms with E-state index in [-0.39, 0.29) is 12.3 Å². The maximum absolute atomic E-state index is 11.6. The number of carbonyl (C=O) groups excluding carboxylic acids is 2. The molecule has 1 fully saturated rings. The van der Waals surface area contributed by atoms with Crippen molar-refractivity contribution in [3.63, 3.8) is 0 Å². The van der Waals surface area contributed by atoms with Crippen LogP contribution in [0.5, 0.6) is 11.5 Å². The van der Waals surface area contributed by atoms with Gasteiger partial charge in [0.15, 0.2) is 11.5 Å². The SMILES string of the molecule is C#CCOc1cc(Br)c(/C=C2\NC(=O)NC2=O)cc1OCC. The molecule has 0 bridgehead atoms. The first-order valence-corrected chi connectivity index (χ1v) is 7.21. The summed E-state index contributed by atoms with van der Waals surface area (Å²) in [5.41, 5.74) is 0.814. The standard InChI is InChI=1S/C15H13BrN2O4/c1-3-5-22-13-8-10(16)9(7-12(13)21-4-2)6-11-14(19)18-15(20)17-11/h1,6-8H,4-5H2,2H3,(H2,17,18,19,20)/b11-6-. The molecular formula is C15H13BrN2O4. The van der Waals surface area contributed by atoms with Gasteiger partial charge in [-0.25, -0.2) is 4.79 Å². The van der Waals surface area contributed by atoms with Gasteiger partial charge in [-0.15, -0.1) is 6.42 Å². The summed E-state index contributed by atoms with van der Waals surface area (Å²) in [6.07, 6.45) is 6.72. The Labute approximate surface area is 136 Å². The van der Waals surface area contributed by atoms with Gasteiger partial charge in [0.2, 0.25) is 0 Å². The van der Waals surface area contributed by atoms with Gasteiger partial charge in [-0.1, -0.05) is 21.9 Å². The first kappa shape index (κ1) is 15.9. The van der Waals surface area contributed by atoms with Crippen molar-refractivity contribution in [3.8, 4) is 23.8 Å². The van der Waals surface area contributed by atoms with Crippen LogP contribution in [0.3, 0.4) is 0 Å². The Hall–Kier alpha value is -2.46. The summed E-state index contributed by atoms with van der Waals surface area (Å²) >= 11 is 3.39. The lowest BCUT2D eigenvalue weighted by atomic mass is 10.1. The minimum Gasteiger partial charge on any atom is -0.490 e. The zero-order chi connectivity index (χ0) is 16.1. The summed E-state index contributed by atoms with van der Waals surface area (Å²) < 4.78 is 11.6. The minimum atomic E-state index is -0.550. The number of benzene rings is 1. The second kappa shape index (κ2) is 7.00. The largest absolute Gasteiger partial charge is 0.490 e. The van der Waals surface area contributed by atoms with Crippen molar-refractivity contribution in [1.29, 1.82) is 0 Å². The molecule has 0 saturated carbocycles. The second-order valence-corrected chi connectivity index (χ2v) is 5.07. The van der Waals surface area contributed by atoms with E-state index < -0.39 is 11.9 Å².